The second kappa shape index (κ2) is 4.30. The number of hydrogen-bond donors (Lipinski definition) is 4. The third-order valence-corrected chi connectivity index (χ3v) is 3.46. The second-order valence-corrected chi connectivity index (χ2v) is 4.54. The average Bonchev–Trinajstić information content (AvgIpc) is 2.94. The number of hydrogen-bond acceptors (Lipinski definition) is 6. The van der Waals surface area contributed by atoms with E-state index in [2.05, 4.69) is 9.97 Å². The molecule has 0 bridgehead atoms. The van der Waals surface area contributed by atoms with E-state index in [9.17, 15) is 10.2 Å². The normalized spacial score (nSPS) is 26.9. The maximum Gasteiger partial charge on any atom is 0.151 e. The molecule has 1 aliphatic carbocycles. The summed E-state index contributed by atoms with van der Waals surface area (Å²) in [6.07, 6.45) is 2.66. The van der Waals surface area contributed by atoms with Crippen molar-refractivity contribution in [2.45, 2.75) is 18.2 Å². The monoisotopic (exact) mass is 262 g/mol. The standard InChI is InChI=1S/C12H14N4O3/c13-12-9-7(1-2-14-12)16(5-15-9)8-3-6(4-17)10(18)11(8)19/h1-3,5,8,10-11,17-19H,4H2,(H2,13,14)/t8-,10+,11-/m0/s1. The van der Waals surface area contributed by atoms with E-state index in [0.29, 0.717) is 16.9 Å². The number of aliphatic hydroxyl groups excluding tert-OH is 3. The molecular weight excluding hydrogens is 248 g/mol. The maximum atomic E-state index is 10.1. The molecule has 100 valence electrons. The number of aliphatic hydroxyl groups is 3. The van der Waals surface area contributed by atoms with Gasteiger partial charge in [-0.2, -0.15) is 0 Å². The summed E-state index contributed by atoms with van der Waals surface area (Å²) in [6, 6.07) is 1.26. The van der Waals surface area contributed by atoms with Crippen LogP contribution in [0, 0.1) is 0 Å². The van der Waals surface area contributed by atoms with Crippen molar-refractivity contribution in [1.29, 1.82) is 0 Å². The Kier molecular flexibility index (Phi) is 2.74. The fourth-order valence-corrected chi connectivity index (χ4v) is 2.43. The lowest BCUT2D eigenvalue weighted by atomic mass is 10.1. The van der Waals surface area contributed by atoms with Gasteiger partial charge in [-0.15, -0.1) is 0 Å². The molecule has 19 heavy (non-hydrogen) atoms. The van der Waals surface area contributed by atoms with Crippen LogP contribution in [-0.2, 0) is 0 Å². The van der Waals surface area contributed by atoms with Crippen LogP contribution in [0.4, 0.5) is 5.82 Å². The van der Waals surface area contributed by atoms with Gasteiger partial charge in [-0.05, 0) is 11.6 Å². The zero-order chi connectivity index (χ0) is 13.6. The van der Waals surface area contributed by atoms with E-state index in [1.54, 1.807) is 29.2 Å². The highest BCUT2D eigenvalue weighted by Crippen LogP contribution is 2.32. The Morgan fingerprint density at radius 2 is 2.11 bits per heavy atom. The van der Waals surface area contributed by atoms with Crippen molar-refractivity contribution in [3.63, 3.8) is 0 Å². The Hall–Kier alpha value is -1.96. The minimum absolute atomic E-state index is 0.287. The first-order chi connectivity index (χ1) is 9.13. The number of pyridine rings is 1. The number of nitrogens with zero attached hydrogens (tertiary/aromatic N) is 3. The molecule has 0 saturated heterocycles. The number of fused-ring (bicyclic) bond motifs is 1. The fourth-order valence-electron chi connectivity index (χ4n) is 2.43. The van der Waals surface area contributed by atoms with Crippen LogP contribution in [0.15, 0.2) is 30.2 Å². The molecule has 7 nitrogen and oxygen atoms in total. The second-order valence-electron chi connectivity index (χ2n) is 4.54. The van der Waals surface area contributed by atoms with E-state index < -0.39 is 18.2 Å². The molecule has 2 aromatic rings. The zero-order valence-electron chi connectivity index (χ0n) is 10.0. The van der Waals surface area contributed by atoms with Crippen molar-refractivity contribution >= 4 is 16.9 Å². The van der Waals surface area contributed by atoms with Crippen molar-refractivity contribution in [3.8, 4) is 0 Å². The van der Waals surface area contributed by atoms with Crippen molar-refractivity contribution in [2.24, 2.45) is 0 Å². The number of rotatable bonds is 2. The van der Waals surface area contributed by atoms with Crippen molar-refractivity contribution in [3.05, 3.63) is 30.2 Å². The molecule has 5 N–H and O–H groups in total. The van der Waals surface area contributed by atoms with E-state index in [4.69, 9.17) is 10.8 Å². The quantitative estimate of drug-likeness (QED) is 0.527. The van der Waals surface area contributed by atoms with Gasteiger partial charge in [-0.1, -0.05) is 6.08 Å². The largest absolute Gasteiger partial charge is 0.392 e. The van der Waals surface area contributed by atoms with E-state index >= 15 is 0 Å². The molecular formula is C12H14N4O3. The smallest absolute Gasteiger partial charge is 0.151 e. The molecule has 0 amide bonds. The van der Waals surface area contributed by atoms with Crippen molar-refractivity contribution in [1.82, 2.24) is 14.5 Å². The Bertz CT molecular complexity index is 651. The summed E-state index contributed by atoms with van der Waals surface area (Å²) in [7, 11) is 0. The predicted octanol–water partition coefficient (Wildman–Crippen LogP) is -0.791. The molecule has 0 aromatic carbocycles. The number of imidazole rings is 1. The molecule has 0 unspecified atom stereocenters. The lowest BCUT2D eigenvalue weighted by molar-refractivity contribution is 0.0288. The summed E-state index contributed by atoms with van der Waals surface area (Å²) in [5.41, 5.74) is 7.41. The van der Waals surface area contributed by atoms with E-state index in [-0.39, 0.29) is 6.61 Å². The molecule has 0 saturated carbocycles. The number of aromatic nitrogens is 3. The summed E-state index contributed by atoms with van der Waals surface area (Å²) in [5.74, 6) is 0.315. The van der Waals surface area contributed by atoms with Crippen LogP contribution in [0.3, 0.4) is 0 Å². The van der Waals surface area contributed by atoms with Crippen LogP contribution in [-0.4, -0.2) is 48.7 Å². The first-order valence-electron chi connectivity index (χ1n) is 5.88. The van der Waals surface area contributed by atoms with E-state index in [1.165, 1.54) is 0 Å². The Morgan fingerprint density at radius 1 is 1.32 bits per heavy atom. The summed E-state index contributed by atoms with van der Waals surface area (Å²) in [4.78, 5) is 8.11. The summed E-state index contributed by atoms with van der Waals surface area (Å²) >= 11 is 0. The van der Waals surface area contributed by atoms with Crippen molar-refractivity contribution < 1.29 is 15.3 Å². The van der Waals surface area contributed by atoms with Crippen LogP contribution in [0.1, 0.15) is 6.04 Å². The Balaban J connectivity index is 2.11. The minimum Gasteiger partial charge on any atom is -0.392 e. The first kappa shape index (κ1) is 12.1. The van der Waals surface area contributed by atoms with Gasteiger partial charge in [0.2, 0.25) is 0 Å². The maximum absolute atomic E-state index is 10.1. The summed E-state index contributed by atoms with van der Waals surface area (Å²) < 4.78 is 1.71. The fraction of sp³-hybridized carbons (Fsp3) is 0.333. The van der Waals surface area contributed by atoms with Gasteiger partial charge in [0.05, 0.1) is 24.5 Å². The van der Waals surface area contributed by atoms with E-state index in [1.807, 2.05) is 0 Å². The van der Waals surface area contributed by atoms with Gasteiger partial charge in [0.1, 0.15) is 17.7 Å². The van der Waals surface area contributed by atoms with Crippen LogP contribution in [0.5, 0.6) is 0 Å². The van der Waals surface area contributed by atoms with Crippen molar-refractivity contribution in [2.75, 3.05) is 12.3 Å². The highest BCUT2D eigenvalue weighted by atomic mass is 16.3. The predicted molar refractivity (Wildman–Crippen MR) is 68.2 cm³/mol. The van der Waals surface area contributed by atoms with Gasteiger partial charge in [-0.25, -0.2) is 9.97 Å². The van der Waals surface area contributed by atoms with Crippen LogP contribution < -0.4 is 5.73 Å². The van der Waals surface area contributed by atoms with Crippen LogP contribution in [0.2, 0.25) is 0 Å². The SMILES string of the molecule is Nc1nccc2c1ncn2[C@H]1C=C(CO)[C@@H](O)[C@H]1O. The average molecular weight is 262 g/mol. The number of nitrogens with two attached hydrogens (primary N) is 1. The Morgan fingerprint density at radius 3 is 2.79 bits per heavy atom. The summed E-state index contributed by atoms with van der Waals surface area (Å²) in [5, 5.41) is 29.0. The highest BCUT2D eigenvalue weighted by molar-refractivity contribution is 5.84. The topological polar surface area (TPSA) is 117 Å². The zero-order valence-corrected chi connectivity index (χ0v) is 10.0. The molecule has 0 fully saturated rings. The van der Waals surface area contributed by atoms with Crippen LogP contribution in [0.25, 0.3) is 11.0 Å². The lowest BCUT2D eigenvalue weighted by Gasteiger charge is -2.19. The van der Waals surface area contributed by atoms with Gasteiger partial charge in [0, 0.05) is 6.20 Å². The molecule has 7 heteroatoms. The first-order valence-corrected chi connectivity index (χ1v) is 5.88. The third-order valence-electron chi connectivity index (χ3n) is 3.46. The van der Waals surface area contributed by atoms with Crippen LogP contribution >= 0.6 is 0 Å². The van der Waals surface area contributed by atoms with Gasteiger partial charge in [0.15, 0.2) is 5.82 Å². The highest BCUT2D eigenvalue weighted by Gasteiger charge is 2.35. The molecule has 0 aliphatic heterocycles. The number of anilines is 1. The molecule has 1 aliphatic rings. The van der Waals surface area contributed by atoms with Gasteiger partial charge < -0.3 is 25.6 Å². The molecule has 2 aromatic heterocycles. The molecule has 0 radical (unpaired) electrons. The summed E-state index contributed by atoms with van der Waals surface area (Å²) in [6.45, 7) is -0.287. The molecule has 2 heterocycles. The minimum atomic E-state index is -1.06. The molecule has 0 spiro atoms. The molecule has 3 atom stereocenters. The van der Waals surface area contributed by atoms with Gasteiger partial charge in [-0.3, -0.25) is 0 Å². The number of nitrogen functional groups attached to an aromatic ring is 1. The molecule has 3 rings (SSSR count). The van der Waals surface area contributed by atoms with Gasteiger partial charge in [0.25, 0.3) is 0 Å². The third kappa shape index (κ3) is 1.71. The van der Waals surface area contributed by atoms with Gasteiger partial charge >= 0.3 is 0 Å². The Labute approximate surface area is 108 Å². The lowest BCUT2D eigenvalue weighted by Crippen LogP contribution is -2.29. The van der Waals surface area contributed by atoms with E-state index in [0.717, 1.165) is 5.52 Å².